The minimum atomic E-state index is 0.0423. The second kappa shape index (κ2) is 9.64. The Labute approximate surface area is 182 Å². The lowest BCUT2D eigenvalue weighted by molar-refractivity contribution is -0.119. The fraction of sp³-hybridized carbons (Fsp3) is 0.375. The average molecular weight is 420 g/mol. The minimum absolute atomic E-state index is 0.0423. The van der Waals surface area contributed by atoms with Gasteiger partial charge in [0, 0.05) is 56.8 Å². The average Bonchev–Trinajstić information content (AvgIpc) is 2.80. The lowest BCUT2D eigenvalue weighted by atomic mass is 9.90. The molecule has 3 N–H and O–H groups in total. The van der Waals surface area contributed by atoms with Crippen LogP contribution in [0.5, 0.6) is 0 Å². The van der Waals surface area contributed by atoms with Crippen LogP contribution in [0.2, 0.25) is 0 Å². The number of hydrogen-bond acceptors (Lipinski definition) is 3. The Morgan fingerprint density at radius 3 is 2.68 bits per heavy atom. The quantitative estimate of drug-likeness (QED) is 0.514. The van der Waals surface area contributed by atoms with Crippen LogP contribution >= 0.6 is 0 Å². The molecule has 1 unspecified atom stereocenters. The van der Waals surface area contributed by atoms with E-state index in [1.807, 2.05) is 47.4 Å². The predicted octanol–water partition coefficient (Wildman–Crippen LogP) is 2.99. The van der Waals surface area contributed by atoms with E-state index in [-0.39, 0.29) is 17.7 Å². The fourth-order valence-electron chi connectivity index (χ4n) is 4.18. The second-order valence-electron chi connectivity index (χ2n) is 8.01. The topological polar surface area (TPSA) is 85.8 Å². The number of fused-ring (bicyclic) bond motifs is 1. The Balaban J connectivity index is 1.31. The van der Waals surface area contributed by atoms with Crippen molar-refractivity contribution in [3.05, 3.63) is 59.7 Å². The van der Waals surface area contributed by atoms with Crippen LogP contribution in [0.4, 0.5) is 11.4 Å². The van der Waals surface area contributed by atoms with Gasteiger partial charge in [-0.2, -0.15) is 0 Å². The molecule has 0 aromatic heterocycles. The number of carbonyl (C=O) groups excluding carboxylic acids is 2. The van der Waals surface area contributed by atoms with Gasteiger partial charge in [-0.3, -0.25) is 14.6 Å². The van der Waals surface area contributed by atoms with Crippen LogP contribution in [-0.2, 0) is 16.1 Å². The van der Waals surface area contributed by atoms with Gasteiger partial charge in [0.2, 0.25) is 11.8 Å². The largest absolute Gasteiger partial charge is 0.356 e. The number of aliphatic imine (C=N–C) groups is 1. The van der Waals surface area contributed by atoms with Crippen LogP contribution in [0.25, 0.3) is 0 Å². The second-order valence-corrected chi connectivity index (χ2v) is 8.01. The van der Waals surface area contributed by atoms with Crippen LogP contribution in [-0.4, -0.2) is 37.9 Å². The van der Waals surface area contributed by atoms with E-state index in [1.54, 1.807) is 7.05 Å². The number of para-hydroxylation sites is 1. The SMILES string of the molecule is CN=C(NCc1ccc(N2CCCCC2=O)cc1)NCC1CC(=O)Nc2ccccc21. The van der Waals surface area contributed by atoms with Crippen molar-refractivity contribution in [2.24, 2.45) is 4.99 Å². The molecule has 1 fully saturated rings. The molecular formula is C24H29N5O2. The first kappa shape index (κ1) is 20.9. The van der Waals surface area contributed by atoms with E-state index in [2.05, 4.69) is 27.0 Å². The first-order chi connectivity index (χ1) is 15.1. The Morgan fingerprint density at radius 2 is 1.90 bits per heavy atom. The molecule has 0 bridgehead atoms. The molecule has 2 aromatic carbocycles. The molecular weight excluding hydrogens is 390 g/mol. The van der Waals surface area contributed by atoms with Gasteiger partial charge in [-0.15, -0.1) is 0 Å². The van der Waals surface area contributed by atoms with Gasteiger partial charge in [-0.25, -0.2) is 0 Å². The summed E-state index contributed by atoms with van der Waals surface area (Å²) in [7, 11) is 1.74. The van der Waals surface area contributed by atoms with Gasteiger partial charge in [0.1, 0.15) is 0 Å². The number of rotatable bonds is 5. The molecule has 2 heterocycles. The van der Waals surface area contributed by atoms with Crippen LogP contribution < -0.4 is 20.9 Å². The lowest BCUT2D eigenvalue weighted by Gasteiger charge is -2.27. The molecule has 2 aliphatic rings. The summed E-state index contributed by atoms with van der Waals surface area (Å²) in [5, 5.41) is 9.60. The summed E-state index contributed by atoms with van der Waals surface area (Å²) in [5.41, 5.74) is 4.11. The molecule has 7 heteroatoms. The molecule has 2 amide bonds. The summed E-state index contributed by atoms with van der Waals surface area (Å²) >= 11 is 0. The van der Waals surface area contributed by atoms with Gasteiger partial charge in [0.25, 0.3) is 0 Å². The van der Waals surface area contributed by atoms with Gasteiger partial charge in [0.15, 0.2) is 5.96 Å². The number of hydrogen-bond donors (Lipinski definition) is 3. The summed E-state index contributed by atoms with van der Waals surface area (Å²) < 4.78 is 0. The minimum Gasteiger partial charge on any atom is -0.356 e. The van der Waals surface area contributed by atoms with Crippen molar-refractivity contribution in [3.8, 4) is 0 Å². The van der Waals surface area contributed by atoms with Crippen molar-refractivity contribution >= 4 is 29.1 Å². The molecule has 4 rings (SSSR count). The van der Waals surface area contributed by atoms with Crippen molar-refractivity contribution in [1.82, 2.24) is 10.6 Å². The number of carbonyl (C=O) groups is 2. The summed E-state index contributed by atoms with van der Waals surface area (Å²) in [5.74, 6) is 1.05. The van der Waals surface area contributed by atoms with E-state index >= 15 is 0 Å². The van der Waals surface area contributed by atoms with E-state index in [0.717, 1.165) is 41.9 Å². The zero-order valence-corrected chi connectivity index (χ0v) is 17.9. The number of guanidine groups is 1. The number of piperidine rings is 1. The van der Waals surface area contributed by atoms with Gasteiger partial charge in [0.05, 0.1) is 0 Å². The van der Waals surface area contributed by atoms with E-state index in [9.17, 15) is 9.59 Å². The zero-order chi connectivity index (χ0) is 21.6. The number of nitrogens with zero attached hydrogens (tertiary/aromatic N) is 2. The molecule has 0 saturated carbocycles. The van der Waals surface area contributed by atoms with Crippen molar-refractivity contribution in [2.45, 2.75) is 38.1 Å². The van der Waals surface area contributed by atoms with Crippen molar-refractivity contribution in [3.63, 3.8) is 0 Å². The van der Waals surface area contributed by atoms with Crippen molar-refractivity contribution < 1.29 is 9.59 Å². The summed E-state index contributed by atoms with van der Waals surface area (Å²) in [6.45, 7) is 2.05. The van der Waals surface area contributed by atoms with Crippen LogP contribution in [0, 0.1) is 0 Å². The monoisotopic (exact) mass is 419 g/mol. The third-order valence-electron chi connectivity index (χ3n) is 5.88. The van der Waals surface area contributed by atoms with E-state index in [0.29, 0.717) is 31.9 Å². The third kappa shape index (κ3) is 5.05. The summed E-state index contributed by atoms with van der Waals surface area (Å²) in [6, 6.07) is 16.0. The molecule has 7 nitrogen and oxygen atoms in total. The maximum atomic E-state index is 12.1. The fourth-order valence-corrected chi connectivity index (χ4v) is 4.18. The number of nitrogens with one attached hydrogen (secondary N) is 3. The maximum absolute atomic E-state index is 12.1. The molecule has 0 spiro atoms. The molecule has 2 aromatic rings. The summed E-state index contributed by atoms with van der Waals surface area (Å²) in [6.07, 6.45) is 3.14. The number of benzene rings is 2. The van der Waals surface area contributed by atoms with Crippen LogP contribution in [0.15, 0.2) is 53.5 Å². The Hall–Kier alpha value is -3.35. The molecule has 162 valence electrons. The summed E-state index contributed by atoms with van der Waals surface area (Å²) in [4.78, 5) is 30.3. The standard InChI is InChI=1S/C24H29N5O2/c1-25-24(27-16-18-14-22(30)28-21-7-3-2-6-20(18)21)26-15-17-9-11-19(12-10-17)29-13-5-4-8-23(29)31/h2-3,6-7,9-12,18H,4-5,8,13-16H2,1H3,(H,28,30)(H2,25,26,27). The third-order valence-corrected chi connectivity index (χ3v) is 5.88. The van der Waals surface area contributed by atoms with Crippen molar-refractivity contribution in [1.29, 1.82) is 0 Å². The molecule has 1 saturated heterocycles. The van der Waals surface area contributed by atoms with Crippen molar-refractivity contribution in [2.75, 3.05) is 30.4 Å². The molecule has 2 aliphatic heterocycles. The van der Waals surface area contributed by atoms with Crippen LogP contribution in [0.1, 0.15) is 42.7 Å². The van der Waals surface area contributed by atoms with E-state index in [1.165, 1.54) is 0 Å². The van der Waals surface area contributed by atoms with E-state index in [4.69, 9.17) is 0 Å². The number of amides is 2. The van der Waals surface area contributed by atoms with Gasteiger partial charge >= 0.3 is 0 Å². The normalized spacial score (nSPS) is 18.9. The maximum Gasteiger partial charge on any atom is 0.226 e. The predicted molar refractivity (Wildman–Crippen MR) is 123 cm³/mol. The highest BCUT2D eigenvalue weighted by molar-refractivity contribution is 5.95. The Bertz CT molecular complexity index is 970. The molecule has 0 aliphatic carbocycles. The van der Waals surface area contributed by atoms with Gasteiger partial charge in [-0.05, 0) is 42.2 Å². The Morgan fingerprint density at radius 1 is 1.10 bits per heavy atom. The van der Waals surface area contributed by atoms with E-state index < -0.39 is 0 Å². The molecule has 31 heavy (non-hydrogen) atoms. The highest BCUT2D eigenvalue weighted by atomic mass is 16.2. The zero-order valence-electron chi connectivity index (χ0n) is 17.9. The first-order valence-corrected chi connectivity index (χ1v) is 10.9. The van der Waals surface area contributed by atoms with Crippen LogP contribution in [0.3, 0.4) is 0 Å². The molecule has 0 radical (unpaired) electrons. The lowest BCUT2D eigenvalue weighted by Crippen LogP contribution is -2.40. The highest BCUT2D eigenvalue weighted by Crippen LogP contribution is 2.31. The smallest absolute Gasteiger partial charge is 0.226 e. The van der Waals surface area contributed by atoms with Gasteiger partial charge in [-0.1, -0.05) is 30.3 Å². The highest BCUT2D eigenvalue weighted by Gasteiger charge is 2.24. The Kier molecular flexibility index (Phi) is 6.50. The first-order valence-electron chi connectivity index (χ1n) is 10.9. The van der Waals surface area contributed by atoms with Gasteiger partial charge < -0.3 is 20.9 Å². The molecule has 1 atom stereocenters. The number of anilines is 2.